The Morgan fingerprint density at radius 1 is 1.38 bits per heavy atom. The van der Waals surface area contributed by atoms with Crippen LogP contribution in [0.4, 0.5) is 13.2 Å². The Morgan fingerprint density at radius 2 is 2.12 bits per heavy atom. The van der Waals surface area contributed by atoms with Crippen LogP contribution < -0.4 is 10.6 Å². The zero-order valence-electron chi connectivity index (χ0n) is 15.0. The third-order valence-electron chi connectivity index (χ3n) is 4.13. The molecule has 1 aromatic heterocycles. The molecule has 0 unspecified atom stereocenters. The maximum Gasteiger partial charge on any atom is 0.434 e. The minimum absolute atomic E-state index is 0.140. The van der Waals surface area contributed by atoms with Gasteiger partial charge in [-0.05, 0) is 18.6 Å². The van der Waals surface area contributed by atoms with Gasteiger partial charge in [-0.2, -0.15) is 24.9 Å². The SMILES string of the molecule is CCSC1(CNC(=NC)NCCc2nc(C(F)(F)F)cs2)CCOCC1. The number of thioether (sulfide) groups is 1. The fraction of sp³-hybridized carbons (Fsp3) is 0.750. The summed E-state index contributed by atoms with van der Waals surface area (Å²) in [7, 11) is 1.68. The number of thiazole rings is 1. The third-order valence-corrected chi connectivity index (χ3v) is 6.49. The van der Waals surface area contributed by atoms with Crippen LogP contribution in [-0.2, 0) is 17.3 Å². The van der Waals surface area contributed by atoms with E-state index in [0.717, 1.165) is 55.1 Å². The normalized spacial score (nSPS) is 18.0. The molecule has 1 aliphatic rings. The zero-order valence-corrected chi connectivity index (χ0v) is 16.6. The van der Waals surface area contributed by atoms with E-state index < -0.39 is 11.9 Å². The molecule has 1 saturated heterocycles. The van der Waals surface area contributed by atoms with Crippen LogP contribution in [0.3, 0.4) is 0 Å². The maximum absolute atomic E-state index is 12.6. The second kappa shape index (κ2) is 9.80. The Kier molecular flexibility index (Phi) is 8.03. The van der Waals surface area contributed by atoms with Gasteiger partial charge in [-0.1, -0.05) is 6.92 Å². The van der Waals surface area contributed by atoms with Crippen molar-refractivity contribution in [2.24, 2.45) is 4.99 Å². The number of halogens is 3. The monoisotopic (exact) mass is 410 g/mol. The summed E-state index contributed by atoms with van der Waals surface area (Å²) in [5, 5.41) is 8.01. The molecule has 0 aliphatic carbocycles. The third kappa shape index (κ3) is 6.31. The van der Waals surface area contributed by atoms with Gasteiger partial charge in [0.25, 0.3) is 0 Å². The lowest BCUT2D eigenvalue weighted by molar-refractivity contribution is -0.140. The number of guanidine groups is 1. The van der Waals surface area contributed by atoms with E-state index in [4.69, 9.17) is 4.74 Å². The second-order valence-corrected chi connectivity index (χ2v) is 8.63. The number of nitrogens with zero attached hydrogens (tertiary/aromatic N) is 2. The van der Waals surface area contributed by atoms with E-state index in [1.54, 1.807) is 7.05 Å². The van der Waals surface area contributed by atoms with Gasteiger partial charge in [-0.25, -0.2) is 4.98 Å². The van der Waals surface area contributed by atoms with Crippen LogP contribution in [0.5, 0.6) is 0 Å². The number of nitrogens with one attached hydrogen (secondary N) is 2. The van der Waals surface area contributed by atoms with E-state index in [-0.39, 0.29) is 4.75 Å². The van der Waals surface area contributed by atoms with Gasteiger partial charge in [0.05, 0.1) is 5.01 Å². The van der Waals surface area contributed by atoms with Gasteiger partial charge < -0.3 is 15.4 Å². The summed E-state index contributed by atoms with van der Waals surface area (Å²) in [6.45, 7) is 4.95. The minimum Gasteiger partial charge on any atom is -0.381 e. The quantitative estimate of drug-likeness (QED) is 0.534. The molecular weight excluding hydrogens is 385 g/mol. The molecule has 148 valence electrons. The van der Waals surface area contributed by atoms with Gasteiger partial charge in [0.1, 0.15) is 0 Å². The fourth-order valence-electron chi connectivity index (χ4n) is 2.73. The Morgan fingerprint density at radius 3 is 2.69 bits per heavy atom. The molecule has 0 aromatic carbocycles. The summed E-state index contributed by atoms with van der Waals surface area (Å²) >= 11 is 2.97. The maximum atomic E-state index is 12.6. The highest BCUT2D eigenvalue weighted by atomic mass is 32.2. The first-order valence-corrected chi connectivity index (χ1v) is 10.4. The van der Waals surface area contributed by atoms with Crippen LogP contribution in [0.2, 0.25) is 0 Å². The highest BCUT2D eigenvalue weighted by molar-refractivity contribution is 8.00. The van der Waals surface area contributed by atoms with Crippen LogP contribution in [0.25, 0.3) is 0 Å². The zero-order chi connectivity index (χ0) is 19.0. The van der Waals surface area contributed by atoms with Gasteiger partial charge in [-0.15, -0.1) is 11.3 Å². The Bertz CT molecular complexity index is 581. The van der Waals surface area contributed by atoms with Crippen molar-refractivity contribution >= 4 is 29.1 Å². The predicted molar refractivity (Wildman–Crippen MR) is 101 cm³/mol. The molecule has 2 rings (SSSR count). The van der Waals surface area contributed by atoms with Crippen LogP contribution in [0.15, 0.2) is 10.4 Å². The largest absolute Gasteiger partial charge is 0.434 e. The molecule has 26 heavy (non-hydrogen) atoms. The topological polar surface area (TPSA) is 58.5 Å². The van der Waals surface area contributed by atoms with E-state index in [1.165, 1.54) is 0 Å². The first-order valence-electron chi connectivity index (χ1n) is 8.56. The molecule has 1 fully saturated rings. The molecule has 1 aliphatic heterocycles. The Balaban J connectivity index is 1.79. The lowest BCUT2D eigenvalue weighted by atomic mass is 9.99. The van der Waals surface area contributed by atoms with Crippen LogP contribution in [0, 0.1) is 0 Å². The van der Waals surface area contributed by atoms with E-state index in [1.807, 2.05) is 11.8 Å². The highest BCUT2D eigenvalue weighted by Crippen LogP contribution is 2.34. The van der Waals surface area contributed by atoms with E-state index in [0.29, 0.717) is 23.9 Å². The molecule has 0 radical (unpaired) electrons. The number of alkyl halides is 3. The highest BCUT2D eigenvalue weighted by Gasteiger charge is 2.34. The summed E-state index contributed by atoms with van der Waals surface area (Å²) in [6.07, 6.45) is -1.97. The molecule has 10 heteroatoms. The average molecular weight is 411 g/mol. The van der Waals surface area contributed by atoms with Crippen molar-refractivity contribution in [1.82, 2.24) is 15.6 Å². The van der Waals surface area contributed by atoms with Crippen LogP contribution in [0.1, 0.15) is 30.5 Å². The summed E-state index contributed by atoms with van der Waals surface area (Å²) in [6, 6.07) is 0. The van der Waals surface area contributed by atoms with Crippen molar-refractivity contribution in [3.05, 3.63) is 16.1 Å². The van der Waals surface area contributed by atoms with E-state index in [2.05, 4.69) is 27.5 Å². The summed E-state index contributed by atoms with van der Waals surface area (Å²) < 4.78 is 43.3. The van der Waals surface area contributed by atoms with Crippen molar-refractivity contribution in [3.63, 3.8) is 0 Å². The number of aromatic nitrogens is 1. The first-order chi connectivity index (χ1) is 12.4. The van der Waals surface area contributed by atoms with Crippen molar-refractivity contribution < 1.29 is 17.9 Å². The van der Waals surface area contributed by atoms with Gasteiger partial charge in [0.15, 0.2) is 11.7 Å². The molecule has 2 N–H and O–H groups in total. The molecule has 0 saturated carbocycles. The predicted octanol–water partition coefficient (Wildman–Crippen LogP) is 3.17. The van der Waals surface area contributed by atoms with Crippen LogP contribution >= 0.6 is 23.1 Å². The number of hydrogen-bond acceptors (Lipinski definition) is 5. The van der Waals surface area contributed by atoms with Gasteiger partial charge in [-0.3, -0.25) is 4.99 Å². The molecule has 1 aromatic rings. The van der Waals surface area contributed by atoms with Crippen LogP contribution in [-0.4, -0.2) is 54.8 Å². The minimum atomic E-state index is -4.38. The van der Waals surface area contributed by atoms with E-state index >= 15 is 0 Å². The summed E-state index contributed by atoms with van der Waals surface area (Å²) in [5.74, 6) is 1.69. The van der Waals surface area contributed by atoms with Crippen molar-refractivity contribution in [1.29, 1.82) is 0 Å². The number of aliphatic imine (C=N–C) groups is 1. The number of ether oxygens (including phenoxy) is 1. The molecule has 0 spiro atoms. The Labute approximate surface area is 160 Å². The van der Waals surface area contributed by atoms with Gasteiger partial charge in [0, 0.05) is 49.9 Å². The van der Waals surface area contributed by atoms with E-state index in [9.17, 15) is 13.2 Å². The molecular formula is C16H25F3N4OS2. The smallest absolute Gasteiger partial charge is 0.381 e. The lowest BCUT2D eigenvalue weighted by Gasteiger charge is -2.37. The van der Waals surface area contributed by atoms with Crippen molar-refractivity contribution in [3.8, 4) is 0 Å². The van der Waals surface area contributed by atoms with Gasteiger partial charge >= 0.3 is 6.18 Å². The molecule has 0 amide bonds. The fourth-order valence-corrected chi connectivity index (χ4v) is 4.78. The molecule has 5 nitrogen and oxygen atoms in total. The van der Waals surface area contributed by atoms with Crippen molar-refractivity contribution in [2.75, 3.05) is 39.1 Å². The average Bonchev–Trinajstić information content (AvgIpc) is 3.08. The summed E-state index contributed by atoms with van der Waals surface area (Å²) in [4.78, 5) is 7.83. The first kappa shape index (κ1) is 21.3. The standard InChI is InChI=1S/C16H25F3N4OS2/c1-3-26-15(5-8-24-9-6-15)11-22-14(20-2)21-7-4-13-23-12(10-25-13)16(17,18)19/h10H,3-9,11H2,1-2H3,(H2,20,21,22). The van der Waals surface area contributed by atoms with Gasteiger partial charge in [0.2, 0.25) is 0 Å². The number of rotatable bonds is 7. The molecule has 0 atom stereocenters. The molecule has 0 bridgehead atoms. The molecule has 2 heterocycles. The van der Waals surface area contributed by atoms with Crippen molar-refractivity contribution in [2.45, 2.75) is 37.1 Å². The number of hydrogen-bond donors (Lipinski definition) is 2. The Hall–Kier alpha value is -1.00. The summed E-state index contributed by atoms with van der Waals surface area (Å²) in [5.41, 5.74) is -0.821. The lowest BCUT2D eigenvalue weighted by Crippen LogP contribution is -2.48. The second-order valence-electron chi connectivity index (χ2n) is 5.96.